The highest BCUT2D eigenvalue weighted by atomic mass is 16.6. The number of rotatable bonds is 7. The van der Waals surface area contributed by atoms with E-state index in [9.17, 15) is 9.59 Å². The number of carbonyl (C=O) groups excluding carboxylic acids is 2. The Morgan fingerprint density at radius 2 is 1.97 bits per heavy atom. The number of hydrogen-bond acceptors (Lipinski definition) is 7. The molecular weight excluding hydrogens is 446 g/mol. The van der Waals surface area contributed by atoms with Crippen molar-refractivity contribution >= 4 is 23.6 Å². The van der Waals surface area contributed by atoms with Crippen LogP contribution >= 0.6 is 0 Å². The van der Waals surface area contributed by atoms with Gasteiger partial charge in [0.05, 0.1) is 18.2 Å². The molecule has 3 aromatic rings. The highest BCUT2D eigenvalue weighted by molar-refractivity contribution is 5.95. The summed E-state index contributed by atoms with van der Waals surface area (Å²) in [5, 5.41) is 15.0. The number of ether oxygens (including phenoxy) is 2. The van der Waals surface area contributed by atoms with Gasteiger partial charge < -0.3 is 20.1 Å². The Kier molecular flexibility index (Phi) is 6.28. The molecule has 3 heterocycles. The van der Waals surface area contributed by atoms with Crippen LogP contribution in [0.5, 0.6) is 5.75 Å². The van der Waals surface area contributed by atoms with Crippen LogP contribution in [0.1, 0.15) is 17.5 Å². The molecule has 9 nitrogen and oxygen atoms in total. The molecule has 0 bridgehead atoms. The lowest BCUT2D eigenvalue weighted by Gasteiger charge is -2.19. The average molecular weight is 470 g/mol. The van der Waals surface area contributed by atoms with Crippen LogP contribution in [0.4, 0.5) is 16.4 Å². The van der Waals surface area contributed by atoms with Gasteiger partial charge in [-0.2, -0.15) is 5.26 Å². The van der Waals surface area contributed by atoms with Crippen molar-refractivity contribution in [3.8, 4) is 22.9 Å². The first kappa shape index (κ1) is 22.4. The van der Waals surface area contributed by atoms with Gasteiger partial charge in [-0.1, -0.05) is 30.3 Å². The van der Waals surface area contributed by atoms with E-state index in [1.165, 1.54) is 4.90 Å². The molecule has 2 aliphatic heterocycles. The number of anilines is 2. The predicted octanol–water partition coefficient (Wildman–Crippen LogP) is 3.46. The zero-order valence-electron chi connectivity index (χ0n) is 18.9. The van der Waals surface area contributed by atoms with Gasteiger partial charge in [0.1, 0.15) is 11.9 Å². The molecule has 35 heavy (non-hydrogen) atoms. The number of cyclic esters (lactones) is 1. The van der Waals surface area contributed by atoms with Gasteiger partial charge in [-0.15, -0.1) is 0 Å². The fraction of sp³-hybridized carbons (Fsp3) is 0.231. The number of amides is 2. The second kappa shape index (κ2) is 9.83. The fourth-order valence-electron chi connectivity index (χ4n) is 4.06. The van der Waals surface area contributed by atoms with Crippen LogP contribution in [0.3, 0.4) is 0 Å². The van der Waals surface area contributed by atoms with Gasteiger partial charge >= 0.3 is 6.09 Å². The van der Waals surface area contributed by atoms with Crippen LogP contribution < -0.4 is 20.3 Å². The quantitative estimate of drug-likeness (QED) is 0.509. The number of hydrogen-bond donors (Lipinski definition) is 2. The summed E-state index contributed by atoms with van der Waals surface area (Å²) in [6.45, 7) is 1.69. The molecule has 1 saturated heterocycles. The number of pyridine rings is 1. The van der Waals surface area contributed by atoms with Gasteiger partial charge in [0.25, 0.3) is 5.91 Å². The van der Waals surface area contributed by atoms with E-state index < -0.39 is 6.09 Å². The SMILES string of the molecule is N#Cc1ccc(-c2cccc(CNCCC3CN(c4ccc5c(n4)NC(=O)CO5)C(=O)O3)c2)cc1. The van der Waals surface area contributed by atoms with Gasteiger partial charge in [0.15, 0.2) is 18.2 Å². The zero-order chi connectivity index (χ0) is 24.2. The zero-order valence-corrected chi connectivity index (χ0v) is 18.9. The number of benzene rings is 2. The maximum atomic E-state index is 12.4. The second-order valence-electron chi connectivity index (χ2n) is 8.32. The van der Waals surface area contributed by atoms with Crippen LogP contribution in [0.15, 0.2) is 60.7 Å². The van der Waals surface area contributed by atoms with Crippen molar-refractivity contribution < 1.29 is 19.1 Å². The molecule has 0 spiro atoms. The smallest absolute Gasteiger partial charge is 0.415 e. The molecule has 1 atom stereocenters. The lowest BCUT2D eigenvalue weighted by molar-refractivity contribution is -0.118. The highest BCUT2D eigenvalue weighted by Gasteiger charge is 2.33. The van der Waals surface area contributed by atoms with Crippen LogP contribution in [0.25, 0.3) is 11.1 Å². The molecule has 1 unspecified atom stereocenters. The van der Waals surface area contributed by atoms with E-state index in [2.05, 4.69) is 33.8 Å². The molecule has 1 fully saturated rings. The summed E-state index contributed by atoms with van der Waals surface area (Å²) >= 11 is 0. The fourth-order valence-corrected chi connectivity index (χ4v) is 4.06. The molecule has 0 radical (unpaired) electrons. The van der Waals surface area contributed by atoms with E-state index in [0.29, 0.717) is 49.0 Å². The van der Waals surface area contributed by atoms with Gasteiger partial charge in [-0.3, -0.25) is 9.69 Å². The van der Waals surface area contributed by atoms with E-state index in [0.717, 1.165) is 16.7 Å². The normalized spacial score (nSPS) is 16.7. The molecule has 0 aliphatic carbocycles. The van der Waals surface area contributed by atoms with Crippen molar-refractivity contribution in [2.75, 3.05) is 29.9 Å². The van der Waals surface area contributed by atoms with Crippen molar-refractivity contribution in [3.05, 3.63) is 71.8 Å². The van der Waals surface area contributed by atoms with E-state index in [1.807, 2.05) is 36.4 Å². The lowest BCUT2D eigenvalue weighted by Crippen LogP contribution is -2.29. The first-order chi connectivity index (χ1) is 17.1. The third-order valence-electron chi connectivity index (χ3n) is 5.86. The van der Waals surface area contributed by atoms with Crippen LogP contribution in [0.2, 0.25) is 0 Å². The minimum absolute atomic E-state index is 0.0470. The Bertz CT molecular complexity index is 1300. The van der Waals surface area contributed by atoms with Crippen molar-refractivity contribution in [3.63, 3.8) is 0 Å². The summed E-state index contributed by atoms with van der Waals surface area (Å²) in [6, 6.07) is 21.3. The Hall–Kier alpha value is -4.42. The van der Waals surface area contributed by atoms with Crippen molar-refractivity contribution in [1.29, 1.82) is 5.26 Å². The first-order valence-electron chi connectivity index (χ1n) is 11.3. The molecule has 9 heteroatoms. The highest BCUT2D eigenvalue weighted by Crippen LogP contribution is 2.30. The maximum absolute atomic E-state index is 12.4. The Labute approximate surface area is 202 Å². The number of nitrogens with one attached hydrogen (secondary N) is 2. The van der Waals surface area contributed by atoms with Crippen LogP contribution in [-0.4, -0.2) is 42.8 Å². The number of aromatic nitrogens is 1. The molecule has 0 saturated carbocycles. The summed E-state index contributed by atoms with van der Waals surface area (Å²) in [5.41, 5.74) is 3.93. The maximum Gasteiger partial charge on any atom is 0.415 e. The monoisotopic (exact) mass is 469 g/mol. The molecule has 5 rings (SSSR count). The lowest BCUT2D eigenvalue weighted by atomic mass is 10.0. The molecule has 1 aromatic heterocycles. The van der Waals surface area contributed by atoms with E-state index in [1.54, 1.807) is 12.1 Å². The minimum atomic E-state index is -0.458. The van der Waals surface area contributed by atoms with E-state index in [-0.39, 0.29) is 18.6 Å². The van der Waals surface area contributed by atoms with E-state index >= 15 is 0 Å². The summed E-state index contributed by atoms with van der Waals surface area (Å²) in [7, 11) is 0. The Morgan fingerprint density at radius 1 is 1.11 bits per heavy atom. The predicted molar refractivity (Wildman–Crippen MR) is 129 cm³/mol. The molecule has 2 aromatic carbocycles. The van der Waals surface area contributed by atoms with Gasteiger partial charge in [-0.05, 0) is 60.0 Å². The number of nitrogens with zero attached hydrogens (tertiary/aromatic N) is 3. The topological polar surface area (TPSA) is 117 Å². The van der Waals surface area contributed by atoms with Crippen LogP contribution in [-0.2, 0) is 16.1 Å². The number of fused-ring (bicyclic) bond motifs is 1. The molecule has 2 N–H and O–H groups in total. The van der Waals surface area contributed by atoms with Gasteiger partial charge in [0.2, 0.25) is 0 Å². The number of nitriles is 1. The minimum Gasteiger partial charge on any atom is -0.480 e. The average Bonchev–Trinajstić information content (AvgIpc) is 3.26. The summed E-state index contributed by atoms with van der Waals surface area (Å²) < 4.78 is 10.8. The van der Waals surface area contributed by atoms with Crippen molar-refractivity contribution in [2.24, 2.45) is 0 Å². The Balaban J connectivity index is 1.13. The largest absolute Gasteiger partial charge is 0.480 e. The molecule has 176 valence electrons. The van der Waals surface area contributed by atoms with Crippen LogP contribution in [0, 0.1) is 11.3 Å². The first-order valence-corrected chi connectivity index (χ1v) is 11.3. The van der Waals surface area contributed by atoms with E-state index in [4.69, 9.17) is 14.7 Å². The standard InChI is InChI=1S/C26H23N5O4/c27-13-17-4-6-19(7-5-17)20-3-1-2-18(12-20)14-28-11-10-21-15-31(26(33)35-21)23-9-8-22-25(29-23)30-24(32)16-34-22/h1-9,12,21,28H,10-11,14-16H2,(H,29,30,32). The third-order valence-corrected chi connectivity index (χ3v) is 5.86. The molecular formula is C26H23N5O4. The van der Waals surface area contributed by atoms with Crippen molar-refractivity contribution in [2.45, 2.75) is 19.1 Å². The second-order valence-corrected chi connectivity index (χ2v) is 8.32. The number of carbonyl (C=O) groups is 2. The molecule has 2 aliphatic rings. The summed E-state index contributed by atoms with van der Waals surface area (Å²) in [4.78, 5) is 29.7. The van der Waals surface area contributed by atoms with Gasteiger partial charge in [0, 0.05) is 6.54 Å². The third kappa shape index (κ3) is 5.08. The molecule has 2 amide bonds. The Morgan fingerprint density at radius 3 is 2.80 bits per heavy atom. The summed E-state index contributed by atoms with van der Waals surface area (Å²) in [5.74, 6) is 0.914. The van der Waals surface area contributed by atoms with Gasteiger partial charge in [-0.25, -0.2) is 9.78 Å². The van der Waals surface area contributed by atoms with Crippen molar-refractivity contribution in [1.82, 2.24) is 10.3 Å². The summed E-state index contributed by atoms with van der Waals surface area (Å²) in [6.07, 6.45) is -0.0632.